The molecule has 0 fully saturated rings. The number of fused-ring (bicyclic) bond motifs is 1. The van der Waals surface area contributed by atoms with Crippen LogP contribution in [0.1, 0.15) is 113 Å². The molecule has 6 nitrogen and oxygen atoms in total. The zero-order valence-corrected chi connectivity index (χ0v) is 23.3. The number of esters is 1. The first-order chi connectivity index (χ1) is 18.7. The van der Waals surface area contributed by atoms with Crippen molar-refractivity contribution in [1.82, 2.24) is 0 Å². The number of benzene rings is 3. The predicted molar refractivity (Wildman–Crippen MR) is 151 cm³/mol. The van der Waals surface area contributed by atoms with Crippen LogP contribution in [0.15, 0.2) is 42.5 Å². The first-order valence-corrected chi connectivity index (χ1v) is 14.0. The van der Waals surface area contributed by atoms with Gasteiger partial charge in [0, 0.05) is 27.8 Å². The average Bonchev–Trinajstić information content (AvgIpc) is 3.21. The number of cyclic esters (lactones) is 1. The molecule has 0 spiro atoms. The third kappa shape index (κ3) is 4.77. The Hall–Kier alpha value is -3.80. The highest BCUT2D eigenvalue weighted by Gasteiger charge is 2.51. The minimum atomic E-state index is -1.53. The number of phenolic OH excluding ortho intramolecular Hbond substituents is 2. The Morgan fingerprint density at radius 2 is 1.21 bits per heavy atom. The van der Waals surface area contributed by atoms with Gasteiger partial charge in [0.2, 0.25) is 0 Å². The third-order valence-electron chi connectivity index (χ3n) is 7.64. The van der Waals surface area contributed by atoms with Crippen molar-refractivity contribution in [1.29, 1.82) is 0 Å². The second-order valence-corrected chi connectivity index (χ2v) is 10.3. The van der Waals surface area contributed by atoms with Crippen molar-refractivity contribution in [3.63, 3.8) is 0 Å². The molecule has 0 atom stereocenters. The molecule has 0 aromatic heterocycles. The van der Waals surface area contributed by atoms with Crippen LogP contribution in [0.5, 0.6) is 11.5 Å². The van der Waals surface area contributed by atoms with E-state index in [1.807, 2.05) is 38.1 Å². The second-order valence-electron chi connectivity index (χ2n) is 10.3. The summed E-state index contributed by atoms with van der Waals surface area (Å²) in [5.74, 6) is -1.33. The highest BCUT2D eigenvalue weighted by Crippen LogP contribution is 2.52. The van der Waals surface area contributed by atoms with Gasteiger partial charge in [0.15, 0.2) is 5.60 Å². The molecule has 1 aliphatic rings. The quantitative estimate of drug-likeness (QED) is 0.229. The van der Waals surface area contributed by atoms with Crippen LogP contribution in [0, 0.1) is 0 Å². The molecule has 0 amide bonds. The van der Waals surface area contributed by atoms with Crippen molar-refractivity contribution in [3.05, 3.63) is 92.5 Å². The fourth-order valence-corrected chi connectivity index (χ4v) is 5.92. The maximum atomic E-state index is 13.5. The van der Waals surface area contributed by atoms with Crippen LogP contribution >= 0.6 is 0 Å². The van der Waals surface area contributed by atoms with E-state index in [2.05, 4.69) is 13.8 Å². The van der Waals surface area contributed by atoms with E-state index in [1.165, 1.54) is 18.2 Å². The number of aryl methyl sites for hydroxylation is 2. The molecule has 3 aromatic rings. The van der Waals surface area contributed by atoms with Crippen LogP contribution in [0.25, 0.3) is 0 Å². The molecule has 3 aromatic carbocycles. The molecule has 0 saturated carbocycles. The van der Waals surface area contributed by atoms with E-state index in [4.69, 9.17) is 4.74 Å². The lowest BCUT2D eigenvalue weighted by Crippen LogP contribution is -2.32. The highest BCUT2D eigenvalue weighted by atomic mass is 16.6. The molecule has 6 heteroatoms. The number of carbonyl (C=O) groups is 2. The number of phenols is 2. The number of ether oxygens (including phenoxy) is 1. The van der Waals surface area contributed by atoms with Gasteiger partial charge in [-0.15, -0.1) is 0 Å². The molecular weight excluding hydrogens is 492 g/mol. The van der Waals surface area contributed by atoms with Crippen molar-refractivity contribution in [3.8, 4) is 11.5 Å². The van der Waals surface area contributed by atoms with Crippen LogP contribution in [0.3, 0.4) is 0 Å². The van der Waals surface area contributed by atoms with E-state index in [9.17, 15) is 24.9 Å². The fourth-order valence-electron chi connectivity index (χ4n) is 5.92. The fraction of sp³-hybridized carbons (Fsp3) is 0.394. The monoisotopic (exact) mass is 530 g/mol. The Bertz CT molecular complexity index is 1340. The van der Waals surface area contributed by atoms with Crippen molar-refractivity contribution < 1.29 is 29.6 Å². The van der Waals surface area contributed by atoms with E-state index < -0.39 is 17.5 Å². The Labute approximate surface area is 230 Å². The van der Waals surface area contributed by atoms with Gasteiger partial charge in [-0.05, 0) is 55.0 Å². The van der Waals surface area contributed by atoms with Crippen molar-refractivity contribution >= 4 is 11.9 Å². The zero-order valence-electron chi connectivity index (χ0n) is 23.3. The number of rotatable bonds is 11. The van der Waals surface area contributed by atoms with Gasteiger partial charge in [0.05, 0.1) is 11.1 Å². The minimum Gasteiger partial charge on any atom is -0.507 e. The van der Waals surface area contributed by atoms with Crippen molar-refractivity contribution in [2.45, 2.75) is 84.7 Å². The number of carboxylic acids is 1. The molecule has 39 heavy (non-hydrogen) atoms. The molecule has 0 radical (unpaired) electrons. The largest absolute Gasteiger partial charge is 0.507 e. The summed E-state index contributed by atoms with van der Waals surface area (Å²) in [6.45, 7) is 8.14. The van der Waals surface area contributed by atoms with Crippen molar-refractivity contribution in [2.24, 2.45) is 0 Å². The molecule has 0 bridgehead atoms. The number of aromatic carboxylic acids is 1. The van der Waals surface area contributed by atoms with Gasteiger partial charge in [-0.1, -0.05) is 77.6 Å². The van der Waals surface area contributed by atoms with Gasteiger partial charge >= 0.3 is 11.9 Å². The maximum absolute atomic E-state index is 13.5. The summed E-state index contributed by atoms with van der Waals surface area (Å²) in [4.78, 5) is 25.5. The minimum absolute atomic E-state index is 0.0316. The summed E-state index contributed by atoms with van der Waals surface area (Å²) >= 11 is 0. The number of carbonyl (C=O) groups excluding carboxylic acids is 1. The molecule has 0 saturated heterocycles. The maximum Gasteiger partial charge on any atom is 0.340 e. The van der Waals surface area contributed by atoms with E-state index in [0.717, 1.165) is 36.8 Å². The second kappa shape index (κ2) is 11.5. The predicted octanol–water partition coefficient (Wildman–Crippen LogP) is 7.07. The molecule has 0 aliphatic carbocycles. The molecule has 3 N–H and O–H groups in total. The summed E-state index contributed by atoms with van der Waals surface area (Å²) < 4.78 is 6.36. The summed E-state index contributed by atoms with van der Waals surface area (Å²) in [6, 6.07) is 11.9. The van der Waals surface area contributed by atoms with Gasteiger partial charge in [-0.2, -0.15) is 0 Å². The van der Waals surface area contributed by atoms with E-state index in [1.54, 1.807) is 0 Å². The van der Waals surface area contributed by atoms with Gasteiger partial charge in [0.1, 0.15) is 11.5 Å². The lowest BCUT2D eigenvalue weighted by atomic mass is 9.73. The summed E-state index contributed by atoms with van der Waals surface area (Å²) in [6.07, 6.45) is 5.67. The van der Waals surface area contributed by atoms with Crippen LogP contribution < -0.4 is 0 Å². The highest BCUT2D eigenvalue weighted by molar-refractivity contribution is 5.99. The Balaban J connectivity index is 2.17. The molecule has 0 unspecified atom stereocenters. The molecule has 4 rings (SSSR count). The Morgan fingerprint density at radius 1 is 0.718 bits per heavy atom. The van der Waals surface area contributed by atoms with Gasteiger partial charge in [-0.25, -0.2) is 9.59 Å². The lowest BCUT2D eigenvalue weighted by Gasteiger charge is -2.35. The van der Waals surface area contributed by atoms with Crippen LogP contribution in [0.4, 0.5) is 0 Å². The van der Waals surface area contributed by atoms with Crippen molar-refractivity contribution in [2.75, 3.05) is 0 Å². The molecular formula is C33H38O6. The Morgan fingerprint density at radius 3 is 1.64 bits per heavy atom. The van der Waals surface area contributed by atoms with Crippen LogP contribution in [-0.2, 0) is 36.0 Å². The summed E-state index contributed by atoms with van der Waals surface area (Å²) in [5, 5.41) is 32.8. The summed E-state index contributed by atoms with van der Waals surface area (Å²) in [5.41, 5.74) is 3.35. The first kappa shape index (κ1) is 28.2. The van der Waals surface area contributed by atoms with Gasteiger partial charge < -0.3 is 20.1 Å². The van der Waals surface area contributed by atoms with Gasteiger partial charge in [-0.3, -0.25) is 0 Å². The van der Waals surface area contributed by atoms with E-state index >= 15 is 0 Å². The molecule has 206 valence electrons. The van der Waals surface area contributed by atoms with Crippen LogP contribution in [0.2, 0.25) is 0 Å². The lowest BCUT2D eigenvalue weighted by molar-refractivity contribution is 0.0245. The first-order valence-electron chi connectivity index (χ1n) is 14.0. The van der Waals surface area contributed by atoms with Crippen LogP contribution in [-0.4, -0.2) is 27.3 Å². The van der Waals surface area contributed by atoms with E-state index in [-0.39, 0.29) is 22.6 Å². The smallest absolute Gasteiger partial charge is 0.340 e. The van der Waals surface area contributed by atoms with E-state index in [0.29, 0.717) is 53.5 Å². The summed E-state index contributed by atoms with van der Waals surface area (Å²) in [7, 11) is 0. The topological polar surface area (TPSA) is 104 Å². The molecule has 1 heterocycles. The number of aromatic hydroxyl groups is 2. The average molecular weight is 531 g/mol. The zero-order chi connectivity index (χ0) is 28.3. The number of hydrogen-bond acceptors (Lipinski definition) is 5. The normalized spacial score (nSPS) is 13.8. The number of hydrogen-bond donors (Lipinski definition) is 3. The van der Waals surface area contributed by atoms with Gasteiger partial charge in [0.25, 0.3) is 0 Å². The SMILES string of the molecule is CCCc1ccc(C2(c3ccc(CCC)c(O)c3CCC)OC(=O)c3ccc(C(=O)O)cc32)c(CCC)c1O. The number of carboxylic acid groups (broad SMARTS) is 1. The molecule has 1 aliphatic heterocycles. The standard InChI is InChI=1S/C33H38O6/c1-5-9-20-14-17-26(23(11-7-3)29(20)34)33(27-18-15-21(10-6-2)30(35)24(27)12-8-4)28-19-22(31(36)37)13-16-25(28)32(38)39-33/h13-19,34-35H,5-12H2,1-4H3,(H,36,37). The third-order valence-corrected chi connectivity index (χ3v) is 7.64. The Kier molecular flexibility index (Phi) is 8.34.